The maximum Gasteiger partial charge on any atom is 0.143 e. The second-order valence-electron chi connectivity index (χ2n) is 4.36. The van der Waals surface area contributed by atoms with Crippen LogP contribution in [0.2, 0.25) is 0 Å². The van der Waals surface area contributed by atoms with Gasteiger partial charge in [0.1, 0.15) is 11.4 Å². The van der Waals surface area contributed by atoms with Gasteiger partial charge in [-0.15, -0.1) is 5.11 Å². The Kier molecular flexibility index (Phi) is 3.12. The minimum Gasteiger partial charge on any atom is -0.361 e. The van der Waals surface area contributed by atoms with Crippen LogP contribution in [0, 0.1) is 13.8 Å². The Labute approximate surface area is 115 Å². The van der Waals surface area contributed by atoms with Gasteiger partial charge in [-0.25, -0.2) is 0 Å². The molecule has 20 heavy (non-hydrogen) atoms. The third kappa shape index (κ3) is 2.23. The summed E-state index contributed by atoms with van der Waals surface area (Å²) in [5, 5.41) is 19.3. The molecule has 0 aliphatic rings. The molecule has 0 aliphatic heterocycles. The summed E-state index contributed by atoms with van der Waals surface area (Å²) in [6, 6.07) is 9.54. The van der Waals surface area contributed by atoms with Gasteiger partial charge >= 0.3 is 0 Å². The van der Waals surface area contributed by atoms with Crippen molar-refractivity contribution in [1.29, 1.82) is 0 Å². The van der Waals surface area contributed by atoms with Crippen LogP contribution in [0.15, 0.2) is 51.3 Å². The quantitative estimate of drug-likeness (QED) is 0.725. The summed E-state index contributed by atoms with van der Waals surface area (Å²) in [5.74, 6) is 0.725. The Hall–Kier alpha value is -2.76. The van der Waals surface area contributed by atoms with E-state index in [1.807, 2.05) is 44.2 Å². The first-order chi connectivity index (χ1) is 9.75. The lowest BCUT2D eigenvalue weighted by Gasteiger charge is -1.97. The molecule has 0 saturated heterocycles. The Morgan fingerprint density at radius 3 is 2.60 bits per heavy atom. The lowest BCUT2D eigenvalue weighted by Crippen LogP contribution is -1.82. The molecule has 100 valence electrons. The fourth-order valence-electron chi connectivity index (χ4n) is 1.99. The number of hydrogen-bond donors (Lipinski definition) is 1. The zero-order valence-corrected chi connectivity index (χ0v) is 11.2. The molecule has 0 aliphatic carbocycles. The van der Waals surface area contributed by atoms with Gasteiger partial charge in [0.2, 0.25) is 0 Å². The summed E-state index contributed by atoms with van der Waals surface area (Å²) in [6.45, 7) is 3.74. The van der Waals surface area contributed by atoms with Gasteiger partial charge in [0.05, 0.1) is 28.8 Å². The Balaban J connectivity index is 1.98. The molecule has 0 bridgehead atoms. The molecule has 6 heteroatoms. The average molecular weight is 267 g/mol. The van der Waals surface area contributed by atoms with Crippen LogP contribution in [0.25, 0.3) is 11.3 Å². The number of aromatic amines is 1. The van der Waals surface area contributed by atoms with Gasteiger partial charge in [-0.05, 0) is 26.0 Å². The molecule has 0 unspecified atom stereocenters. The highest BCUT2D eigenvalue weighted by Crippen LogP contribution is 2.33. The number of H-pyrrole nitrogens is 1. The van der Waals surface area contributed by atoms with Crippen LogP contribution in [0.5, 0.6) is 0 Å². The first-order valence-electron chi connectivity index (χ1n) is 6.19. The normalized spacial score (nSPS) is 11.3. The summed E-state index contributed by atoms with van der Waals surface area (Å²) in [6.07, 6.45) is 1.63. The number of azo groups is 1. The number of hydrogen-bond acceptors (Lipinski definition) is 5. The van der Waals surface area contributed by atoms with E-state index in [0.717, 1.165) is 28.4 Å². The smallest absolute Gasteiger partial charge is 0.143 e. The van der Waals surface area contributed by atoms with Crippen LogP contribution < -0.4 is 0 Å². The van der Waals surface area contributed by atoms with Crippen molar-refractivity contribution in [1.82, 2.24) is 15.4 Å². The molecular weight excluding hydrogens is 254 g/mol. The van der Waals surface area contributed by atoms with E-state index < -0.39 is 0 Å². The van der Waals surface area contributed by atoms with Gasteiger partial charge in [0.25, 0.3) is 0 Å². The van der Waals surface area contributed by atoms with Crippen molar-refractivity contribution >= 4 is 11.4 Å². The molecule has 0 radical (unpaired) electrons. The van der Waals surface area contributed by atoms with E-state index in [9.17, 15) is 0 Å². The minimum absolute atomic E-state index is 0.656. The Morgan fingerprint density at radius 2 is 1.90 bits per heavy atom. The average Bonchev–Trinajstić information content (AvgIpc) is 3.04. The van der Waals surface area contributed by atoms with E-state index in [1.165, 1.54) is 0 Å². The van der Waals surface area contributed by atoms with Crippen molar-refractivity contribution in [2.45, 2.75) is 13.8 Å². The molecule has 0 spiro atoms. The van der Waals surface area contributed by atoms with Gasteiger partial charge in [-0.1, -0.05) is 23.4 Å². The number of aryl methyl sites for hydroxylation is 2. The molecule has 6 nitrogen and oxygen atoms in total. The van der Waals surface area contributed by atoms with Gasteiger partial charge in [-0.2, -0.15) is 10.2 Å². The van der Waals surface area contributed by atoms with E-state index in [2.05, 4.69) is 25.6 Å². The number of benzene rings is 1. The molecule has 1 aromatic carbocycles. The summed E-state index contributed by atoms with van der Waals surface area (Å²) in [7, 11) is 0. The number of aromatic nitrogens is 3. The van der Waals surface area contributed by atoms with Crippen LogP contribution in [0.1, 0.15) is 11.5 Å². The molecule has 0 atom stereocenters. The first-order valence-corrected chi connectivity index (χ1v) is 6.19. The lowest BCUT2D eigenvalue weighted by atomic mass is 10.1. The summed E-state index contributed by atoms with van der Waals surface area (Å²) in [4.78, 5) is 0. The highest BCUT2D eigenvalue weighted by Gasteiger charge is 2.16. The second kappa shape index (κ2) is 5.08. The number of rotatable bonds is 3. The Bertz CT molecular complexity index is 723. The zero-order chi connectivity index (χ0) is 13.9. The lowest BCUT2D eigenvalue weighted by molar-refractivity contribution is 0.393. The minimum atomic E-state index is 0.656. The van der Waals surface area contributed by atoms with Crippen molar-refractivity contribution in [3.63, 3.8) is 0 Å². The highest BCUT2D eigenvalue weighted by atomic mass is 16.5. The topological polar surface area (TPSA) is 79.4 Å². The molecule has 1 N–H and O–H groups in total. The van der Waals surface area contributed by atoms with E-state index in [0.29, 0.717) is 5.69 Å². The molecular formula is C14H13N5O. The molecule has 2 heterocycles. The van der Waals surface area contributed by atoms with Gasteiger partial charge in [0, 0.05) is 0 Å². The zero-order valence-electron chi connectivity index (χ0n) is 11.2. The van der Waals surface area contributed by atoms with Crippen molar-refractivity contribution in [2.75, 3.05) is 0 Å². The Morgan fingerprint density at radius 1 is 1.10 bits per heavy atom. The first kappa shape index (κ1) is 12.3. The molecule has 2 aromatic heterocycles. The van der Waals surface area contributed by atoms with Gasteiger partial charge in [-0.3, -0.25) is 5.10 Å². The van der Waals surface area contributed by atoms with Crippen molar-refractivity contribution in [3.05, 3.63) is 48.0 Å². The number of nitrogens with one attached hydrogen (secondary N) is 1. The molecule has 0 amide bonds. The fourth-order valence-corrected chi connectivity index (χ4v) is 1.99. The molecule has 3 aromatic rings. The van der Waals surface area contributed by atoms with Gasteiger partial charge < -0.3 is 4.52 Å². The van der Waals surface area contributed by atoms with E-state index in [1.54, 1.807) is 6.20 Å². The van der Waals surface area contributed by atoms with E-state index >= 15 is 0 Å². The standard InChI is InChI=1S/C14H13N5O/c1-9-13(10(2)20-19-9)14-12(8-15-18-14)17-16-11-6-4-3-5-7-11/h3-8H,1-2H3,(H,15,18). The fraction of sp³-hybridized carbons (Fsp3) is 0.143. The van der Waals surface area contributed by atoms with Crippen LogP contribution in [0.4, 0.5) is 11.4 Å². The van der Waals surface area contributed by atoms with Crippen molar-refractivity contribution < 1.29 is 4.52 Å². The molecule has 3 rings (SSSR count). The summed E-state index contributed by atoms with van der Waals surface area (Å²) >= 11 is 0. The maximum atomic E-state index is 5.17. The predicted molar refractivity (Wildman–Crippen MR) is 74.2 cm³/mol. The SMILES string of the molecule is Cc1noc(C)c1-c1[nH]ncc1N=Nc1ccccc1. The van der Waals surface area contributed by atoms with Crippen LogP contribution in [-0.4, -0.2) is 15.4 Å². The van der Waals surface area contributed by atoms with Gasteiger partial charge in [0.15, 0.2) is 0 Å². The highest BCUT2D eigenvalue weighted by molar-refractivity contribution is 5.74. The maximum absolute atomic E-state index is 5.17. The summed E-state index contributed by atoms with van der Waals surface area (Å²) < 4.78 is 5.17. The van der Waals surface area contributed by atoms with Crippen LogP contribution in [-0.2, 0) is 0 Å². The van der Waals surface area contributed by atoms with E-state index in [-0.39, 0.29) is 0 Å². The van der Waals surface area contributed by atoms with E-state index in [4.69, 9.17) is 4.52 Å². The third-order valence-corrected chi connectivity index (χ3v) is 2.93. The van der Waals surface area contributed by atoms with Crippen LogP contribution in [0.3, 0.4) is 0 Å². The van der Waals surface area contributed by atoms with Crippen molar-refractivity contribution in [2.24, 2.45) is 10.2 Å². The van der Waals surface area contributed by atoms with Crippen LogP contribution >= 0.6 is 0 Å². The predicted octanol–water partition coefficient (Wildman–Crippen LogP) is 4.10. The second-order valence-corrected chi connectivity index (χ2v) is 4.36. The monoisotopic (exact) mass is 267 g/mol. The summed E-state index contributed by atoms with van der Waals surface area (Å²) in [5.41, 5.74) is 3.88. The number of nitrogens with zero attached hydrogens (tertiary/aromatic N) is 4. The van der Waals surface area contributed by atoms with Crippen molar-refractivity contribution in [3.8, 4) is 11.3 Å². The molecule has 0 fully saturated rings. The largest absolute Gasteiger partial charge is 0.361 e. The molecule has 0 saturated carbocycles. The third-order valence-electron chi connectivity index (χ3n) is 2.93.